The smallest absolute Gasteiger partial charge is 0.109 e. The van der Waals surface area contributed by atoms with Crippen molar-refractivity contribution in [3.63, 3.8) is 0 Å². The van der Waals surface area contributed by atoms with Gasteiger partial charge in [0.1, 0.15) is 6.23 Å². The van der Waals surface area contributed by atoms with E-state index < -0.39 is 0 Å². The molecule has 0 aromatic carbocycles. The number of hydrogen-bond acceptors (Lipinski definition) is 3. The summed E-state index contributed by atoms with van der Waals surface area (Å²) in [5, 5.41) is 16.4. The lowest BCUT2D eigenvalue weighted by Crippen LogP contribution is -2.51. The number of hydrogen-bond donors (Lipinski definition) is 3. The molecule has 2 rings (SSSR count). The second kappa shape index (κ2) is 4.40. The van der Waals surface area contributed by atoms with E-state index in [4.69, 9.17) is 0 Å². The van der Waals surface area contributed by atoms with Crippen molar-refractivity contribution < 1.29 is 5.11 Å². The zero-order chi connectivity index (χ0) is 9.10. The van der Waals surface area contributed by atoms with Crippen LogP contribution in [-0.4, -0.2) is 30.5 Å². The van der Waals surface area contributed by atoms with Crippen LogP contribution >= 0.6 is 0 Å². The fraction of sp³-hybridized carbons (Fsp3) is 1.00. The molecular weight excluding hydrogens is 164 g/mol. The highest BCUT2D eigenvalue weighted by Crippen LogP contribution is 2.24. The van der Waals surface area contributed by atoms with Crippen molar-refractivity contribution in [2.45, 2.75) is 44.4 Å². The quantitative estimate of drug-likeness (QED) is 0.554. The monoisotopic (exact) mass is 184 g/mol. The third kappa shape index (κ3) is 2.22. The van der Waals surface area contributed by atoms with Gasteiger partial charge in [-0.25, -0.2) is 0 Å². The normalized spacial score (nSPS) is 41.8. The Hall–Kier alpha value is -0.120. The van der Waals surface area contributed by atoms with Gasteiger partial charge in [0, 0.05) is 12.0 Å². The molecule has 0 aromatic rings. The lowest BCUT2D eigenvalue weighted by molar-refractivity contribution is 0.0246. The summed E-state index contributed by atoms with van der Waals surface area (Å²) < 4.78 is 0. The SMILES string of the molecule is OC1NCCCC1C1CCCCN1. The summed E-state index contributed by atoms with van der Waals surface area (Å²) in [5.74, 6) is 0.439. The summed E-state index contributed by atoms with van der Waals surface area (Å²) in [7, 11) is 0. The van der Waals surface area contributed by atoms with Crippen molar-refractivity contribution in [2.24, 2.45) is 5.92 Å². The number of nitrogens with one attached hydrogen (secondary N) is 2. The summed E-state index contributed by atoms with van der Waals surface area (Å²) in [6.07, 6.45) is 5.97. The maximum atomic E-state index is 9.77. The van der Waals surface area contributed by atoms with Gasteiger partial charge >= 0.3 is 0 Å². The molecule has 0 spiro atoms. The minimum atomic E-state index is -0.274. The van der Waals surface area contributed by atoms with Crippen molar-refractivity contribution in [3.8, 4) is 0 Å². The molecule has 2 saturated heterocycles. The first-order chi connectivity index (χ1) is 6.38. The number of aliphatic hydroxyl groups excluding tert-OH is 1. The van der Waals surface area contributed by atoms with E-state index >= 15 is 0 Å². The second-order valence-electron chi connectivity index (χ2n) is 4.26. The lowest BCUT2D eigenvalue weighted by atomic mass is 9.85. The van der Waals surface area contributed by atoms with Gasteiger partial charge in [-0.15, -0.1) is 0 Å². The first-order valence-electron chi connectivity index (χ1n) is 5.53. The minimum absolute atomic E-state index is 0.274. The zero-order valence-corrected chi connectivity index (χ0v) is 8.13. The Morgan fingerprint density at radius 3 is 2.46 bits per heavy atom. The van der Waals surface area contributed by atoms with Gasteiger partial charge < -0.3 is 10.4 Å². The molecule has 0 aromatic heterocycles. The van der Waals surface area contributed by atoms with E-state index in [1.165, 1.54) is 32.1 Å². The van der Waals surface area contributed by atoms with Crippen LogP contribution in [0.1, 0.15) is 32.1 Å². The van der Waals surface area contributed by atoms with E-state index in [0.29, 0.717) is 12.0 Å². The molecule has 3 unspecified atom stereocenters. The first-order valence-corrected chi connectivity index (χ1v) is 5.53. The largest absolute Gasteiger partial charge is 0.378 e. The summed E-state index contributed by atoms with van der Waals surface area (Å²) in [5.41, 5.74) is 0. The Bertz CT molecular complexity index is 157. The van der Waals surface area contributed by atoms with Crippen molar-refractivity contribution in [2.75, 3.05) is 13.1 Å². The van der Waals surface area contributed by atoms with E-state index in [2.05, 4.69) is 10.6 Å². The zero-order valence-electron chi connectivity index (χ0n) is 8.13. The van der Waals surface area contributed by atoms with Crippen LogP contribution < -0.4 is 10.6 Å². The lowest BCUT2D eigenvalue weighted by Gasteiger charge is -2.37. The predicted molar refractivity (Wildman–Crippen MR) is 52.4 cm³/mol. The van der Waals surface area contributed by atoms with E-state index in [1.807, 2.05) is 0 Å². The third-order valence-corrected chi connectivity index (χ3v) is 3.34. The second-order valence-corrected chi connectivity index (χ2v) is 4.26. The van der Waals surface area contributed by atoms with Gasteiger partial charge in [0.25, 0.3) is 0 Å². The third-order valence-electron chi connectivity index (χ3n) is 3.34. The van der Waals surface area contributed by atoms with Crippen LogP contribution in [0, 0.1) is 5.92 Å². The minimum Gasteiger partial charge on any atom is -0.378 e. The van der Waals surface area contributed by atoms with Gasteiger partial charge in [0.2, 0.25) is 0 Å². The highest BCUT2D eigenvalue weighted by atomic mass is 16.3. The Morgan fingerprint density at radius 2 is 1.77 bits per heavy atom. The molecule has 0 radical (unpaired) electrons. The van der Waals surface area contributed by atoms with E-state index in [0.717, 1.165) is 13.1 Å². The standard InChI is InChI=1S/C10H20N2O/c13-10-8(4-3-7-12-10)9-5-1-2-6-11-9/h8-13H,1-7H2. The Labute approximate surface area is 79.9 Å². The van der Waals surface area contributed by atoms with Gasteiger partial charge in [-0.2, -0.15) is 0 Å². The molecule has 3 heteroatoms. The molecule has 2 heterocycles. The summed E-state index contributed by atoms with van der Waals surface area (Å²) in [6.45, 7) is 2.11. The van der Waals surface area contributed by atoms with Crippen molar-refractivity contribution >= 4 is 0 Å². The Balaban J connectivity index is 1.88. The van der Waals surface area contributed by atoms with Crippen LogP contribution in [0.2, 0.25) is 0 Å². The van der Waals surface area contributed by atoms with Crippen LogP contribution in [0.3, 0.4) is 0 Å². The molecule has 3 nitrogen and oxygen atoms in total. The number of piperidine rings is 2. The van der Waals surface area contributed by atoms with Gasteiger partial charge in [-0.1, -0.05) is 6.42 Å². The average Bonchev–Trinajstić information content (AvgIpc) is 2.20. The molecule has 0 amide bonds. The molecule has 0 bridgehead atoms. The first kappa shape index (κ1) is 9.44. The fourth-order valence-corrected chi connectivity index (χ4v) is 2.56. The van der Waals surface area contributed by atoms with Gasteiger partial charge in [0.05, 0.1) is 0 Å². The summed E-state index contributed by atoms with van der Waals surface area (Å²) >= 11 is 0. The number of rotatable bonds is 1. The molecule has 2 aliphatic heterocycles. The molecule has 13 heavy (non-hydrogen) atoms. The van der Waals surface area contributed by atoms with Crippen LogP contribution in [0.4, 0.5) is 0 Å². The van der Waals surface area contributed by atoms with E-state index in [1.54, 1.807) is 0 Å². The van der Waals surface area contributed by atoms with Crippen LogP contribution in [0.5, 0.6) is 0 Å². The van der Waals surface area contributed by atoms with Crippen molar-refractivity contribution in [3.05, 3.63) is 0 Å². The van der Waals surface area contributed by atoms with Crippen molar-refractivity contribution in [1.29, 1.82) is 0 Å². The highest BCUT2D eigenvalue weighted by molar-refractivity contribution is 4.85. The highest BCUT2D eigenvalue weighted by Gasteiger charge is 2.30. The average molecular weight is 184 g/mol. The topological polar surface area (TPSA) is 44.3 Å². The Morgan fingerprint density at radius 1 is 0.923 bits per heavy atom. The molecule has 0 aliphatic carbocycles. The summed E-state index contributed by atoms with van der Waals surface area (Å²) in [4.78, 5) is 0. The maximum absolute atomic E-state index is 9.77. The van der Waals surface area contributed by atoms with Gasteiger partial charge in [-0.05, 0) is 38.8 Å². The van der Waals surface area contributed by atoms with E-state index in [-0.39, 0.29) is 6.23 Å². The Kier molecular flexibility index (Phi) is 3.19. The molecule has 3 atom stereocenters. The number of aliphatic hydroxyl groups is 1. The van der Waals surface area contributed by atoms with Crippen LogP contribution in [-0.2, 0) is 0 Å². The van der Waals surface area contributed by atoms with Crippen LogP contribution in [0.25, 0.3) is 0 Å². The van der Waals surface area contributed by atoms with E-state index in [9.17, 15) is 5.11 Å². The molecule has 76 valence electrons. The molecule has 2 fully saturated rings. The molecule has 3 N–H and O–H groups in total. The molecule has 2 aliphatic rings. The van der Waals surface area contributed by atoms with Crippen LogP contribution in [0.15, 0.2) is 0 Å². The summed E-state index contributed by atoms with van der Waals surface area (Å²) in [6, 6.07) is 0.552. The van der Waals surface area contributed by atoms with Crippen molar-refractivity contribution in [1.82, 2.24) is 10.6 Å². The predicted octanol–water partition coefficient (Wildman–Crippen LogP) is 0.447. The molecular formula is C10H20N2O. The van der Waals surface area contributed by atoms with Gasteiger partial charge in [-0.3, -0.25) is 5.32 Å². The fourth-order valence-electron chi connectivity index (χ4n) is 2.56. The maximum Gasteiger partial charge on any atom is 0.109 e. The van der Waals surface area contributed by atoms with Gasteiger partial charge in [0.15, 0.2) is 0 Å². The molecule has 0 saturated carbocycles.